The first-order chi connectivity index (χ1) is 7.47. The quantitative estimate of drug-likeness (QED) is 0.760. The van der Waals surface area contributed by atoms with Crippen LogP contribution in [-0.2, 0) is 5.41 Å². The maximum Gasteiger partial charge on any atom is 0.0885 e. The summed E-state index contributed by atoms with van der Waals surface area (Å²) in [6, 6.07) is 7.53. The number of aromatic nitrogens is 3. The summed E-state index contributed by atoms with van der Waals surface area (Å²) < 4.78 is 1.76. The first kappa shape index (κ1) is 11.1. The summed E-state index contributed by atoms with van der Waals surface area (Å²) >= 11 is 5.83. The molecule has 0 atom stereocenters. The average Bonchev–Trinajstić information content (AvgIpc) is 2.67. The van der Waals surface area contributed by atoms with Crippen LogP contribution in [0.5, 0.6) is 0 Å². The second-order valence-corrected chi connectivity index (χ2v) is 5.21. The molecule has 0 amide bonds. The highest BCUT2D eigenvalue weighted by Gasteiger charge is 2.17. The Balaban J connectivity index is 2.35. The molecule has 0 saturated carbocycles. The summed E-state index contributed by atoms with van der Waals surface area (Å²) in [7, 11) is 0. The third kappa shape index (κ3) is 2.25. The molecule has 0 aliphatic carbocycles. The molecule has 0 unspecified atom stereocenters. The standard InChI is InChI=1S/C12H14ClN3/c1-12(2,3)11-8-16(15-14-11)10-6-4-9(13)5-7-10/h4-8H,1-3H3. The number of benzene rings is 1. The molecule has 1 heterocycles. The van der Waals surface area contributed by atoms with E-state index >= 15 is 0 Å². The Morgan fingerprint density at radius 3 is 2.25 bits per heavy atom. The lowest BCUT2D eigenvalue weighted by molar-refractivity contribution is 0.566. The molecule has 0 fully saturated rings. The molecule has 84 valence electrons. The summed E-state index contributed by atoms with van der Waals surface area (Å²) in [6.45, 7) is 6.34. The Labute approximate surface area is 100 Å². The van der Waals surface area contributed by atoms with Gasteiger partial charge in [-0.25, -0.2) is 4.68 Å². The Kier molecular flexibility index (Phi) is 2.72. The van der Waals surface area contributed by atoms with Crippen LogP contribution in [0.15, 0.2) is 30.5 Å². The fourth-order valence-corrected chi connectivity index (χ4v) is 1.45. The lowest BCUT2D eigenvalue weighted by atomic mass is 9.93. The Bertz CT molecular complexity index is 480. The monoisotopic (exact) mass is 235 g/mol. The minimum Gasteiger partial charge on any atom is -0.220 e. The van der Waals surface area contributed by atoms with E-state index < -0.39 is 0 Å². The zero-order chi connectivity index (χ0) is 11.8. The molecule has 2 rings (SSSR count). The van der Waals surface area contributed by atoms with E-state index in [1.165, 1.54) is 0 Å². The summed E-state index contributed by atoms with van der Waals surface area (Å²) in [5, 5.41) is 8.99. The van der Waals surface area contributed by atoms with Crippen LogP contribution >= 0.6 is 11.6 Å². The van der Waals surface area contributed by atoms with E-state index in [1.807, 2.05) is 30.5 Å². The molecule has 0 radical (unpaired) electrons. The van der Waals surface area contributed by atoms with Crippen LogP contribution in [0.2, 0.25) is 5.02 Å². The molecule has 16 heavy (non-hydrogen) atoms. The van der Waals surface area contributed by atoms with Crippen molar-refractivity contribution in [3.8, 4) is 5.69 Å². The molecule has 0 aliphatic heterocycles. The van der Waals surface area contributed by atoms with E-state index in [-0.39, 0.29) is 5.41 Å². The molecular formula is C12H14ClN3. The Morgan fingerprint density at radius 1 is 1.12 bits per heavy atom. The van der Waals surface area contributed by atoms with E-state index in [0.29, 0.717) is 0 Å². The van der Waals surface area contributed by atoms with Crippen LogP contribution in [0.25, 0.3) is 5.69 Å². The van der Waals surface area contributed by atoms with Crippen LogP contribution in [0.1, 0.15) is 26.5 Å². The predicted molar refractivity (Wildman–Crippen MR) is 65.1 cm³/mol. The largest absolute Gasteiger partial charge is 0.220 e. The SMILES string of the molecule is CC(C)(C)c1cn(-c2ccc(Cl)cc2)nn1. The molecule has 0 spiro atoms. The van der Waals surface area contributed by atoms with E-state index in [4.69, 9.17) is 11.6 Å². The van der Waals surface area contributed by atoms with E-state index in [1.54, 1.807) is 4.68 Å². The second-order valence-electron chi connectivity index (χ2n) is 4.77. The third-order valence-electron chi connectivity index (χ3n) is 2.35. The molecule has 0 aliphatic rings. The normalized spacial score (nSPS) is 11.8. The Hall–Kier alpha value is -1.35. The molecule has 3 nitrogen and oxygen atoms in total. The van der Waals surface area contributed by atoms with Crippen molar-refractivity contribution >= 4 is 11.6 Å². The number of hydrogen-bond donors (Lipinski definition) is 0. The summed E-state index contributed by atoms with van der Waals surface area (Å²) in [5.74, 6) is 0. The van der Waals surface area contributed by atoms with E-state index in [9.17, 15) is 0 Å². The molecule has 4 heteroatoms. The van der Waals surface area contributed by atoms with Crippen molar-refractivity contribution in [2.75, 3.05) is 0 Å². The highest BCUT2D eigenvalue weighted by Crippen LogP contribution is 2.20. The van der Waals surface area contributed by atoms with Gasteiger partial charge in [-0.1, -0.05) is 37.6 Å². The van der Waals surface area contributed by atoms with Gasteiger partial charge in [0, 0.05) is 10.4 Å². The molecule has 2 aromatic rings. The lowest BCUT2D eigenvalue weighted by Crippen LogP contribution is -2.11. The molecule has 1 aromatic heterocycles. The summed E-state index contributed by atoms with van der Waals surface area (Å²) in [5.41, 5.74) is 1.96. The van der Waals surface area contributed by atoms with Crippen LogP contribution in [0.3, 0.4) is 0 Å². The minimum atomic E-state index is 0.0185. The second kappa shape index (κ2) is 3.91. The Morgan fingerprint density at radius 2 is 1.75 bits per heavy atom. The van der Waals surface area contributed by atoms with Gasteiger partial charge in [0.05, 0.1) is 17.6 Å². The molecule has 0 bridgehead atoms. The predicted octanol–water partition coefficient (Wildman–Crippen LogP) is 3.22. The van der Waals surface area contributed by atoms with Crippen molar-refractivity contribution < 1.29 is 0 Å². The van der Waals surface area contributed by atoms with Crippen LogP contribution in [-0.4, -0.2) is 15.0 Å². The van der Waals surface area contributed by atoms with Gasteiger partial charge in [0.25, 0.3) is 0 Å². The maximum atomic E-state index is 5.83. The molecule has 1 aromatic carbocycles. The van der Waals surface area contributed by atoms with Crippen molar-refractivity contribution in [1.82, 2.24) is 15.0 Å². The van der Waals surface area contributed by atoms with Gasteiger partial charge in [0.2, 0.25) is 0 Å². The van der Waals surface area contributed by atoms with Crippen LogP contribution < -0.4 is 0 Å². The van der Waals surface area contributed by atoms with Gasteiger partial charge in [-0.2, -0.15) is 0 Å². The molecular weight excluding hydrogens is 222 g/mol. The van der Waals surface area contributed by atoms with Crippen molar-refractivity contribution in [2.24, 2.45) is 0 Å². The van der Waals surface area contributed by atoms with E-state index in [0.717, 1.165) is 16.4 Å². The maximum absolute atomic E-state index is 5.83. The van der Waals surface area contributed by atoms with Gasteiger partial charge in [-0.15, -0.1) is 5.10 Å². The average molecular weight is 236 g/mol. The summed E-state index contributed by atoms with van der Waals surface area (Å²) in [6.07, 6.45) is 1.95. The third-order valence-corrected chi connectivity index (χ3v) is 2.60. The topological polar surface area (TPSA) is 30.7 Å². The number of rotatable bonds is 1. The molecule has 0 saturated heterocycles. The number of nitrogens with zero attached hydrogens (tertiary/aromatic N) is 3. The minimum absolute atomic E-state index is 0.0185. The van der Waals surface area contributed by atoms with Crippen LogP contribution in [0.4, 0.5) is 0 Å². The van der Waals surface area contributed by atoms with Crippen LogP contribution in [0, 0.1) is 0 Å². The van der Waals surface area contributed by atoms with E-state index in [2.05, 4.69) is 31.1 Å². The van der Waals surface area contributed by atoms with Crippen molar-refractivity contribution in [3.05, 3.63) is 41.2 Å². The highest BCUT2D eigenvalue weighted by atomic mass is 35.5. The number of halogens is 1. The zero-order valence-corrected chi connectivity index (χ0v) is 10.4. The van der Waals surface area contributed by atoms with Gasteiger partial charge in [0.15, 0.2) is 0 Å². The van der Waals surface area contributed by atoms with Gasteiger partial charge in [-0.3, -0.25) is 0 Å². The van der Waals surface area contributed by atoms with Crippen molar-refractivity contribution in [2.45, 2.75) is 26.2 Å². The van der Waals surface area contributed by atoms with Gasteiger partial charge in [-0.05, 0) is 24.3 Å². The zero-order valence-electron chi connectivity index (χ0n) is 9.61. The first-order valence-corrected chi connectivity index (χ1v) is 5.53. The van der Waals surface area contributed by atoms with Gasteiger partial charge in [0.1, 0.15) is 0 Å². The fourth-order valence-electron chi connectivity index (χ4n) is 1.33. The van der Waals surface area contributed by atoms with Gasteiger partial charge >= 0.3 is 0 Å². The van der Waals surface area contributed by atoms with Crippen molar-refractivity contribution in [1.29, 1.82) is 0 Å². The smallest absolute Gasteiger partial charge is 0.0885 e. The number of hydrogen-bond acceptors (Lipinski definition) is 2. The first-order valence-electron chi connectivity index (χ1n) is 5.15. The van der Waals surface area contributed by atoms with Gasteiger partial charge < -0.3 is 0 Å². The summed E-state index contributed by atoms with van der Waals surface area (Å²) in [4.78, 5) is 0. The van der Waals surface area contributed by atoms with Crippen molar-refractivity contribution in [3.63, 3.8) is 0 Å². The fraction of sp³-hybridized carbons (Fsp3) is 0.333. The highest BCUT2D eigenvalue weighted by molar-refractivity contribution is 6.30. The lowest BCUT2D eigenvalue weighted by Gasteiger charge is -2.12. The molecule has 0 N–H and O–H groups in total.